The Kier molecular flexibility index (Phi) is 5.95. The SMILES string of the molecule is CC(=O)Nc1nc2ccc(C3C=NC=C(N(C)CCc4ccccc4)C3C)cc2s1. The van der Waals surface area contributed by atoms with Crippen molar-refractivity contribution in [2.75, 3.05) is 18.9 Å². The van der Waals surface area contributed by atoms with Crippen LogP contribution in [-0.4, -0.2) is 35.6 Å². The van der Waals surface area contributed by atoms with Crippen LogP contribution in [0.2, 0.25) is 0 Å². The summed E-state index contributed by atoms with van der Waals surface area (Å²) in [5, 5.41) is 3.42. The van der Waals surface area contributed by atoms with Crippen molar-refractivity contribution in [1.82, 2.24) is 9.88 Å². The molecule has 2 heterocycles. The zero-order valence-electron chi connectivity index (χ0n) is 17.5. The third-order valence-corrected chi connectivity index (χ3v) is 6.49. The van der Waals surface area contributed by atoms with Crippen LogP contribution in [0.4, 0.5) is 5.13 Å². The molecule has 2 atom stereocenters. The first-order valence-corrected chi connectivity index (χ1v) is 11.0. The van der Waals surface area contributed by atoms with E-state index < -0.39 is 0 Å². The molecule has 1 aliphatic rings. The molecule has 2 aromatic carbocycles. The molecule has 4 rings (SSSR count). The first-order chi connectivity index (χ1) is 14.5. The molecule has 0 fully saturated rings. The van der Waals surface area contributed by atoms with E-state index in [1.807, 2.05) is 18.5 Å². The summed E-state index contributed by atoms with van der Waals surface area (Å²) in [4.78, 5) is 22.7. The Hall–Kier alpha value is -2.99. The normalized spacial score (nSPS) is 18.3. The van der Waals surface area contributed by atoms with E-state index in [4.69, 9.17) is 0 Å². The van der Waals surface area contributed by atoms with Gasteiger partial charge in [-0.05, 0) is 29.7 Å². The Labute approximate surface area is 181 Å². The minimum Gasteiger partial charge on any atom is -0.376 e. The molecule has 6 heteroatoms. The Morgan fingerprint density at radius 3 is 2.77 bits per heavy atom. The van der Waals surface area contributed by atoms with E-state index in [1.54, 1.807) is 0 Å². The van der Waals surface area contributed by atoms with E-state index in [0.29, 0.717) is 11.0 Å². The molecule has 0 bridgehead atoms. The van der Waals surface area contributed by atoms with Gasteiger partial charge in [-0.1, -0.05) is 54.7 Å². The molecule has 0 radical (unpaired) electrons. The maximum Gasteiger partial charge on any atom is 0.223 e. The van der Waals surface area contributed by atoms with Gasteiger partial charge in [-0.3, -0.25) is 9.79 Å². The van der Waals surface area contributed by atoms with Crippen molar-refractivity contribution >= 4 is 38.8 Å². The smallest absolute Gasteiger partial charge is 0.223 e. The van der Waals surface area contributed by atoms with Crippen LogP contribution in [0.3, 0.4) is 0 Å². The van der Waals surface area contributed by atoms with Gasteiger partial charge in [-0.2, -0.15) is 0 Å². The average Bonchev–Trinajstić information content (AvgIpc) is 3.13. The number of hydrogen-bond acceptors (Lipinski definition) is 5. The van der Waals surface area contributed by atoms with Crippen LogP contribution >= 0.6 is 11.3 Å². The highest BCUT2D eigenvalue weighted by Gasteiger charge is 2.26. The number of amides is 1. The number of nitrogens with zero attached hydrogens (tertiary/aromatic N) is 3. The van der Waals surface area contributed by atoms with Crippen LogP contribution in [0.25, 0.3) is 10.2 Å². The van der Waals surface area contributed by atoms with E-state index in [2.05, 4.69) is 76.6 Å². The van der Waals surface area contributed by atoms with Crippen LogP contribution in [-0.2, 0) is 11.2 Å². The van der Waals surface area contributed by atoms with Crippen molar-refractivity contribution in [3.63, 3.8) is 0 Å². The predicted octanol–water partition coefficient (Wildman–Crippen LogP) is 5.07. The molecule has 5 nitrogen and oxygen atoms in total. The molecule has 0 spiro atoms. The Balaban J connectivity index is 1.49. The number of aromatic nitrogens is 1. The molecule has 1 aliphatic heterocycles. The number of carbonyl (C=O) groups is 1. The lowest BCUT2D eigenvalue weighted by Gasteiger charge is -2.32. The Bertz CT molecular complexity index is 1100. The number of likely N-dealkylation sites (N-methyl/N-ethyl adjacent to an activating group) is 1. The third-order valence-electron chi connectivity index (χ3n) is 5.56. The highest BCUT2D eigenvalue weighted by atomic mass is 32.1. The molecule has 154 valence electrons. The molecule has 3 aromatic rings. The minimum atomic E-state index is -0.101. The summed E-state index contributed by atoms with van der Waals surface area (Å²) in [5.41, 5.74) is 4.73. The van der Waals surface area contributed by atoms with Gasteiger partial charge in [0, 0.05) is 50.5 Å². The molecule has 1 aromatic heterocycles. The molecule has 0 aliphatic carbocycles. The van der Waals surface area contributed by atoms with E-state index in [0.717, 1.165) is 23.2 Å². The number of aliphatic imine (C=N–C) groups is 1. The molecule has 1 N–H and O–H groups in total. The minimum absolute atomic E-state index is 0.101. The summed E-state index contributed by atoms with van der Waals surface area (Å²) in [5.74, 6) is 0.430. The van der Waals surface area contributed by atoms with Crippen LogP contribution in [0.1, 0.15) is 30.9 Å². The number of allylic oxidation sites excluding steroid dienone is 1. The molecule has 0 saturated carbocycles. The van der Waals surface area contributed by atoms with Gasteiger partial charge in [0.2, 0.25) is 5.91 Å². The molecule has 1 amide bonds. The first kappa shape index (κ1) is 20.3. The number of fused-ring (bicyclic) bond motifs is 1. The van der Waals surface area contributed by atoms with Gasteiger partial charge in [0.25, 0.3) is 0 Å². The number of hydrogen-bond donors (Lipinski definition) is 1. The lowest BCUT2D eigenvalue weighted by atomic mass is 9.84. The monoisotopic (exact) mass is 418 g/mol. The van der Waals surface area contributed by atoms with Crippen molar-refractivity contribution < 1.29 is 4.79 Å². The van der Waals surface area contributed by atoms with Crippen LogP contribution < -0.4 is 5.32 Å². The fourth-order valence-electron chi connectivity index (χ4n) is 3.89. The van der Waals surface area contributed by atoms with Crippen LogP contribution in [0.15, 0.2) is 65.4 Å². The molecule has 0 saturated heterocycles. The second-order valence-corrected chi connectivity index (χ2v) is 8.78. The highest BCUT2D eigenvalue weighted by Crippen LogP contribution is 2.35. The van der Waals surface area contributed by atoms with Gasteiger partial charge in [-0.15, -0.1) is 0 Å². The largest absolute Gasteiger partial charge is 0.376 e. The van der Waals surface area contributed by atoms with Crippen LogP contribution in [0.5, 0.6) is 0 Å². The zero-order chi connectivity index (χ0) is 21.1. The zero-order valence-corrected chi connectivity index (χ0v) is 18.3. The van der Waals surface area contributed by atoms with Gasteiger partial charge >= 0.3 is 0 Å². The van der Waals surface area contributed by atoms with E-state index in [9.17, 15) is 4.79 Å². The van der Waals surface area contributed by atoms with E-state index in [1.165, 1.54) is 35.1 Å². The number of benzene rings is 2. The molecular weight excluding hydrogens is 392 g/mol. The van der Waals surface area contributed by atoms with Gasteiger partial charge in [0.1, 0.15) is 0 Å². The summed E-state index contributed by atoms with van der Waals surface area (Å²) >= 11 is 1.51. The Morgan fingerprint density at radius 1 is 1.20 bits per heavy atom. The second kappa shape index (κ2) is 8.79. The predicted molar refractivity (Wildman–Crippen MR) is 125 cm³/mol. The number of rotatable bonds is 6. The molecule has 30 heavy (non-hydrogen) atoms. The fraction of sp³-hybridized carbons (Fsp3) is 0.292. The van der Waals surface area contributed by atoms with Crippen molar-refractivity contribution in [2.45, 2.75) is 26.2 Å². The maximum atomic E-state index is 11.3. The number of anilines is 1. The van der Waals surface area contributed by atoms with Crippen molar-refractivity contribution in [3.8, 4) is 0 Å². The number of thiazole rings is 1. The summed E-state index contributed by atoms with van der Waals surface area (Å²) in [7, 11) is 2.15. The van der Waals surface area contributed by atoms with E-state index >= 15 is 0 Å². The highest BCUT2D eigenvalue weighted by molar-refractivity contribution is 7.22. The van der Waals surface area contributed by atoms with Gasteiger partial charge in [0.15, 0.2) is 5.13 Å². The fourth-order valence-corrected chi connectivity index (χ4v) is 4.85. The molecule has 2 unspecified atom stereocenters. The summed E-state index contributed by atoms with van der Waals surface area (Å²) in [6.45, 7) is 4.72. The quantitative estimate of drug-likeness (QED) is 0.608. The number of carbonyl (C=O) groups excluding carboxylic acids is 1. The van der Waals surface area contributed by atoms with Crippen molar-refractivity contribution in [3.05, 3.63) is 71.6 Å². The van der Waals surface area contributed by atoms with Crippen molar-refractivity contribution in [1.29, 1.82) is 0 Å². The van der Waals surface area contributed by atoms with Crippen molar-refractivity contribution in [2.24, 2.45) is 10.9 Å². The van der Waals surface area contributed by atoms with Gasteiger partial charge in [0.05, 0.1) is 10.2 Å². The number of nitrogens with one attached hydrogen (secondary N) is 1. The third kappa shape index (κ3) is 4.44. The Morgan fingerprint density at radius 2 is 2.00 bits per heavy atom. The first-order valence-electron chi connectivity index (χ1n) is 10.2. The maximum absolute atomic E-state index is 11.3. The summed E-state index contributed by atoms with van der Waals surface area (Å²) in [6, 6.07) is 16.9. The topological polar surface area (TPSA) is 57.6 Å². The van der Waals surface area contributed by atoms with Gasteiger partial charge in [-0.25, -0.2) is 4.98 Å². The van der Waals surface area contributed by atoms with Crippen LogP contribution in [0, 0.1) is 5.92 Å². The summed E-state index contributed by atoms with van der Waals surface area (Å²) in [6.07, 6.45) is 5.04. The second-order valence-electron chi connectivity index (χ2n) is 7.75. The lowest BCUT2D eigenvalue weighted by molar-refractivity contribution is -0.114. The molecular formula is C24H26N4OS. The average molecular weight is 419 g/mol. The standard InChI is InChI=1S/C24H26N4OS/c1-16-20(19-9-10-21-23(13-19)30-24(27-21)26-17(2)29)14-25-15-22(16)28(3)12-11-18-7-5-4-6-8-18/h4-10,13-16,20H,11-12H2,1-3H3,(H,26,27,29). The van der Waals surface area contributed by atoms with E-state index in [-0.39, 0.29) is 11.8 Å². The summed E-state index contributed by atoms with van der Waals surface area (Å²) < 4.78 is 1.07. The lowest BCUT2D eigenvalue weighted by Crippen LogP contribution is -2.29. The van der Waals surface area contributed by atoms with Gasteiger partial charge < -0.3 is 10.2 Å².